The van der Waals surface area contributed by atoms with Gasteiger partial charge < -0.3 is 4.43 Å². The minimum atomic E-state index is -1.58. The van der Waals surface area contributed by atoms with Gasteiger partial charge in [0.05, 0.1) is 0 Å². The fraction of sp³-hybridized carbons (Fsp3) is 0.308. The Kier molecular flexibility index (Phi) is 4.83. The summed E-state index contributed by atoms with van der Waals surface area (Å²) in [5.41, 5.74) is 5.52. The second-order valence-corrected chi connectivity index (χ2v) is 9.71. The third-order valence-corrected chi connectivity index (χ3v) is 3.04. The summed E-state index contributed by atoms with van der Waals surface area (Å²) >= 11 is 2.17. The molecule has 0 aliphatic carbocycles. The Hall–Kier alpha value is -0.513. The lowest BCUT2D eigenvalue weighted by molar-refractivity contribution is 0.515. The zero-order valence-corrected chi connectivity index (χ0v) is 13.3. The maximum atomic E-state index is 6.01. The SMILES string of the molecule is Cc1ccc(C(=C=CI)O[Si](C)(C)C)cc1. The highest BCUT2D eigenvalue weighted by atomic mass is 127. The molecule has 0 saturated heterocycles. The average molecular weight is 344 g/mol. The van der Waals surface area contributed by atoms with E-state index in [0.29, 0.717) is 0 Å². The Bertz CT molecular complexity index is 409. The molecule has 86 valence electrons. The predicted octanol–water partition coefficient (Wildman–Crippen LogP) is 4.74. The van der Waals surface area contributed by atoms with Crippen LogP contribution >= 0.6 is 22.6 Å². The van der Waals surface area contributed by atoms with Crippen LogP contribution in [0.1, 0.15) is 11.1 Å². The van der Waals surface area contributed by atoms with Gasteiger partial charge in [-0.15, -0.1) is 0 Å². The van der Waals surface area contributed by atoms with E-state index in [1.165, 1.54) is 5.56 Å². The molecule has 0 aliphatic rings. The molecule has 1 nitrogen and oxygen atoms in total. The lowest BCUT2D eigenvalue weighted by atomic mass is 10.1. The molecule has 0 heterocycles. The van der Waals surface area contributed by atoms with E-state index in [0.717, 1.165) is 11.3 Å². The van der Waals surface area contributed by atoms with Crippen molar-refractivity contribution >= 4 is 36.7 Å². The van der Waals surface area contributed by atoms with Crippen LogP contribution in [-0.2, 0) is 4.43 Å². The zero-order chi connectivity index (χ0) is 12.2. The quantitative estimate of drug-likeness (QED) is 0.333. The Morgan fingerprint density at radius 2 is 1.81 bits per heavy atom. The second-order valence-electron chi connectivity index (χ2n) is 4.66. The summed E-state index contributed by atoms with van der Waals surface area (Å²) in [7, 11) is -1.58. The van der Waals surface area contributed by atoms with Crippen molar-refractivity contribution in [2.45, 2.75) is 26.6 Å². The zero-order valence-electron chi connectivity index (χ0n) is 10.2. The summed E-state index contributed by atoms with van der Waals surface area (Å²) in [6.07, 6.45) is 0. The highest BCUT2D eigenvalue weighted by Gasteiger charge is 2.18. The molecule has 0 saturated carbocycles. The molecule has 1 aromatic carbocycles. The first-order chi connectivity index (χ1) is 7.42. The van der Waals surface area contributed by atoms with Gasteiger partial charge in [0.1, 0.15) is 0 Å². The Balaban J connectivity index is 3.05. The van der Waals surface area contributed by atoms with Crippen LogP contribution < -0.4 is 0 Å². The van der Waals surface area contributed by atoms with E-state index in [1.807, 2.05) is 4.08 Å². The number of aryl methyl sites for hydroxylation is 1. The van der Waals surface area contributed by atoms with Crippen LogP contribution in [0.2, 0.25) is 19.6 Å². The van der Waals surface area contributed by atoms with E-state index in [2.05, 4.69) is 79.2 Å². The molecule has 16 heavy (non-hydrogen) atoms. The third-order valence-electron chi connectivity index (χ3n) is 1.91. The molecule has 0 aliphatic heterocycles. The van der Waals surface area contributed by atoms with Gasteiger partial charge in [0.25, 0.3) is 0 Å². The number of hydrogen-bond acceptors (Lipinski definition) is 1. The molecule has 0 amide bonds. The van der Waals surface area contributed by atoms with E-state index in [1.54, 1.807) is 0 Å². The fourth-order valence-corrected chi connectivity index (χ4v) is 2.30. The molecular formula is C13H17IOSi. The van der Waals surface area contributed by atoms with E-state index < -0.39 is 8.32 Å². The monoisotopic (exact) mass is 344 g/mol. The van der Waals surface area contributed by atoms with Gasteiger partial charge in [-0.3, -0.25) is 0 Å². The van der Waals surface area contributed by atoms with Crippen LogP contribution in [0.15, 0.2) is 34.1 Å². The average Bonchev–Trinajstić information content (AvgIpc) is 2.16. The second kappa shape index (κ2) is 5.71. The van der Waals surface area contributed by atoms with Gasteiger partial charge in [-0.05, 0) is 49.2 Å². The summed E-state index contributed by atoms with van der Waals surface area (Å²) in [5.74, 6) is 0.855. The Morgan fingerprint density at radius 1 is 1.25 bits per heavy atom. The van der Waals surface area contributed by atoms with Gasteiger partial charge in [0, 0.05) is 9.65 Å². The molecule has 1 rings (SSSR count). The topological polar surface area (TPSA) is 9.23 Å². The smallest absolute Gasteiger partial charge is 0.243 e. The highest BCUT2D eigenvalue weighted by molar-refractivity contribution is 14.1. The minimum Gasteiger partial charge on any atom is -0.539 e. The molecular weight excluding hydrogens is 327 g/mol. The van der Waals surface area contributed by atoms with Crippen LogP contribution in [0.5, 0.6) is 0 Å². The summed E-state index contributed by atoms with van der Waals surface area (Å²) in [6, 6.07) is 8.35. The van der Waals surface area contributed by atoms with Gasteiger partial charge in [0.2, 0.25) is 8.32 Å². The first kappa shape index (κ1) is 13.6. The van der Waals surface area contributed by atoms with Gasteiger partial charge in [0.15, 0.2) is 5.76 Å². The Morgan fingerprint density at radius 3 is 2.25 bits per heavy atom. The summed E-state index contributed by atoms with van der Waals surface area (Å²) in [4.78, 5) is 0. The molecule has 0 spiro atoms. The van der Waals surface area contributed by atoms with E-state index in [4.69, 9.17) is 4.43 Å². The molecule has 0 unspecified atom stereocenters. The van der Waals surface area contributed by atoms with E-state index >= 15 is 0 Å². The van der Waals surface area contributed by atoms with Crippen molar-refractivity contribution in [3.8, 4) is 0 Å². The van der Waals surface area contributed by atoms with Crippen molar-refractivity contribution in [3.05, 3.63) is 45.2 Å². The van der Waals surface area contributed by atoms with Crippen molar-refractivity contribution in [3.63, 3.8) is 0 Å². The molecule has 0 fully saturated rings. The first-order valence-electron chi connectivity index (χ1n) is 5.24. The molecule has 0 N–H and O–H groups in total. The van der Waals surface area contributed by atoms with Gasteiger partial charge >= 0.3 is 0 Å². The predicted molar refractivity (Wildman–Crippen MR) is 81.1 cm³/mol. The van der Waals surface area contributed by atoms with E-state index in [-0.39, 0.29) is 0 Å². The molecule has 1 aromatic rings. The van der Waals surface area contributed by atoms with Gasteiger partial charge in [-0.1, -0.05) is 35.6 Å². The van der Waals surface area contributed by atoms with Crippen LogP contribution in [-0.4, -0.2) is 8.32 Å². The lowest BCUT2D eigenvalue weighted by Crippen LogP contribution is -2.24. The number of halogens is 1. The van der Waals surface area contributed by atoms with Crippen molar-refractivity contribution < 1.29 is 4.43 Å². The van der Waals surface area contributed by atoms with Crippen LogP contribution in [0.25, 0.3) is 5.76 Å². The van der Waals surface area contributed by atoms with E-state index in [9.17, 15) is 0 Å². The Labute approximate surface area is 112 Å². The van der Waals surface area contributed by atoms with Gasteiger partial charge in [-0.25, -0.2) is 0 Å². The maximum absolute atomic E-state index is 6.01. The van der Waals surface area contributed by atoms with Crippen molar-refractivity contribution in [2.24, 2.45) is 0 Å². The number of benzene rings is 1. The van der Waals surface area contributed by atoms with Crippen molar-refractivity contribution in [1.29, 1.82) is 0 Å². The standard InChI is InChI=1S/C13H17IOSi/c1-11-5-7-12(8-6-11)13(9-10-14)15-16(2,3)4/h5-8,10H,1-4H3. The first-order valence-corrected chi connectivity index (χ1v) is 9.89. The van der Waals surface area contributed by atoms with Crippen LogP contribution in [0.3, 0.4) is 0 Å². The summed E-state index contributed by atoms with van der Waals surface area (Å²) in [5, 5.41) is 0. The van der Waals surface area contributed by atoms with Crippen LogP contribution in [0.4, 0.5) is 0 Å². The minimum absolute atomic E-state index is 0.855. The van der Waals surface area contributed by atoms with Crippen LogP contribution in [0, 0.1) is 6.92 Å². The molecule has 0 bridgehead atoms. The molecule has 0 aromatic heterocycles. The summed E-state index contributed by atoms with van der Waals surface area (Å²) in [6.45, 7) is 8.61. The van der Waals surface area contributed by atoms with Crippen molar-refractivity contribution in [2.75, 3.05) is 0 Å². The fourth-order valence-electron chi connectivity index (χ4n) is 1.23. The van der Waals surface area contributed by atoms with Gasteiger partial charge in [-0.2, -0.15) is 0 Å². The molecule has 0 radical (unpaired) electrons. The van der Waals surface area contributed by atoms with Crippen molar-refractivity contribution in [1.82, 2.24) is 0 Å². The highest BCUT2D eigenvalue weighted by Crippen LogP contribution is 2.20. The largest absolute Gasteiger partial charge is 0.539 e. The normalized spacial score (nSPS) is 10.6. The third kappa shape index (κ3) is 4.55. The summed E-state index contributed by atoms with van der Waals surface area (Å²) < 4.78 is 7.88. The lowest BCUT2D eigenvalue weighted by Gasteiger charge is -2.20. The number of rotatable bonds is 3. The molecule has 0 atom stereocenters. The molecule has 3 heteroatoms. The maximum Gasteiger partial charge on any atom is 0.243 e. The number of hydrogen-bond donors (Lipinski definition) is 0.